The van der Waals surface area contributed by atoms with Crippen LogP contribution < -0.4 is 0 Å². The van der Waals surface area contributed by atoms with Crippen LogP contribution in [0.2, 0.25) is 0 Å². The molecule has 1 saturated heterocycles. The lowest BCUT2D eigenvalue weighted by Gasteiger charge is -2.23. The fourth-order valence-electron chi connectivity index (χ4n) is 2.70. The molecule has 1 atom stereocenters. The SMILES string of the molecule is CN(C(=O)COC(=O)c1ccc(C(C)(C)C)cc1)[C@@H]1CCS(=O)(=O)C1. The zero-order valence-corrected chi connectivity index (χ0v) is 15.9. The van der Waals surface area contributed by atoms with E-state index in [1.165, 1.54) is 4.90 Å². The highest BCUT2D eigenvalue weighted by molar-refractivity contribution is 7.91. The average molecular weight is 367 g/mol. The Morgan fingerprint density at radius 3 is 2.28 bits per heavy atom. The summed E-state index contributed by atoms with van der Waals surface area (Å²) in [6.45, 7) is 5.85. The molecule has 0 unspecified atom stereocenters. The molecule has 1 amide bonds. The van der Waals surface area contributed by atoms with E-state index in [2.05, 4.69) is 20.8 Å². The van der Waals surface area contributed by atoms with Crippen molar-refractivity contribution in [3.8, 4) is 0 Å². The van der Waals surface area contributed by atoms with Crippen LogP contribution in [0.5, 0.6) is 0 Å². The smallest absolute Gasteiger partial charge is 0.338 e. The summed E-state index contributed by atoms with van der Waals surface area (Å²) in [4.78, 5) is 25.5. The molecule has 138 valence electrons. The Morgan fingerprint density at radius 1 is 1.20 bits per heavy atom. The van der Waals surface area contributed by atoms with Crippen molar-refractivity contribution in [2.45, 2.75) is 38.6 Å². The van der Waals surface area contributed by atoms with Gasteiger partial charge in [0.1, 0.15) is 0 Å². The largest absolute Gasteiger partial charge is 0.452 e. The molecule has 0 spiro atoms. The van der Waals surface area contributed by atoms with Crippen molar-refractivity contribution in [3.05, 3.63) is 35.4 Å². The van der Waals surface area contributed by atoms with E-state index in [0.717, 1.165) is 5.56 Å². The lowest BCUT2D eigenvalue weighted by atomic mass is 9.87. The standard InChI is InChI=1S/C18H25NO5S/c1-18(2,3)14-7-5-13(6-8-14)17(21)24-11-16(20)19(4)15-9-10-25(22,23)12-15/h5-8,15H,9-12H2,1-4H3/t15-/m1/s1. The van der Waals surface area contributed by atoms with Gasteiger partial charge in [-0.15, -0.1) is 0 Å². The van der Waals surface area contributed by atoms with Crippen molar-refractivity contribution in [2.24, 2.45) is 0 Å². The molecule has 1 heterocycles. The maximum Gasteiger partial charge on any atom is 0.338 e. The number of sulfone groups is 1. The van der Waals surface area contributed by atoms with E-state index >= 15 is 0 Å². The third-order valence-corrected chi connectivity index (χ3v) is 6.21. The molecule has 7 heteroatoms. The van der Waals surface area contributed by atoms with Crippen LogP contribution in [0.25, 0.3) is 0 Å². The van der Waals surface area contributed by atoms with Crippen LogP contribution in [0.1, 0.15) is 43.1 Å². The molecule has 25 heavy (non-hydrogen) atoms. The van der Waals surface area contributed by atoms with E-state index in [4.69, 9.17) is 4.74 Å². The molecule has 0 N–H and O–H groups in total. The van der Waals surface area contributed by atoms with E-state index in [1.807, 2.05) is 12.1 Å². The molecule has 0 saturated carbocycles. The number of hydrogen-bond donors (Lipinski definition) is 0. The van der Waals surface area contributed by atoms with E-state index < -0.39 is 28.3 Å². The fraction of sp³-hybridized carbons (Fsp3) is 0.556. The van der Waals surface area contributed by atoms with Crippen molar-refractivity contribution in [2.75, 3.05) is 25.2 Å². The van der Waals surface area contributed by atoms with E-state index in [0.29, 0.717) is 12.0 Å². The molecule has 2 rings (SSSR count). The summed E-state index contributed by atoms with van der Waals surface area (Å²) in [5.41, 5.74) is 1.47. The Morgan fingerprint density at radius 2 is 1.80 bits per heavy atom. The summed E-state index contributed by atoms with van der Waals surface area (Å²) < 4.78 is 28.1. The number of benzene rings is 1. The topological polar surface area (TPSA) is 80.8 Å². The van der Waals surface area contributed by atoms with Gasteiger partial charge in [-0.3, -0.25) is 4.79 Å². The molecular formula is C18H25NO5S. The van der Waals surface area contributed by atoms with Crippen molar-refractivity contribution in [3.63, 3.8) is 0 Å². The molecule has 1 aliphatic heterocycles. The van der Waals surface area contributed by atoms with Gasteiger partial charge in [0.2, 0.25) is 0 Å². The highest BCUT2D eigenvalue weighted by Gasteiger charge is 2.32. The molecule has 6 nitrogen and oxygen atoms in total. The van der Waals surface area contributed by atoms with Crippen molar-refractivity contribution < 1.29 is 22.7 Å². The molecule has 0 radical (unpaired) electrons. The van der Waals surface area contributed by atoms with Crippen LogP contribution >= 0.6 is 0 Å². The second-order valence-corrected chi connectivity index (χ2v) is 9.69. The Bertz CT molecular complexity index is 747. The number of nitrogens with zero attached hydrogens (tertiary/aromatic N) is 1. The van der Waals surface area contributed by atoms with E-state index in [1.54, 1.807) is 19.2 Å². The first-order valence-corrected chi connectivity index (χ1v) is 10.1. The van der Waals surface area contributed by atoms with Crippen LogP contribution in [0.15, 0.2) is 24.3 Å². The van der Waals surface area contributed by atoms with E-state index in [-0.39, 0.29) is 23.0 Å². The molecule has 1 fully saturated rings. The predicted molar refractivity (Wildman–Crippen MR) is 95.3 cm³/mol. The minimum atomic E-state index is -3.07. The second-order valence-electron chi connectivity index (χ2n) is 7.46. The van der Waals surface area contributed by atoms with Gasteiger partial charge >= 0.3 is 5.97 Å². The summed E-state index contributed by atoms with van der Waals surface area (Å²) in [5, 5.41) is 0. The van der Waals surface area contributed by atoms with Gasteiger partial charge in [0.25, 0.3) is 5.91 Å². The molecule has 0 aliphatic carbocycles. The van der Waals surface area contributed by atoms with Crippen molar-refractivity contribution >= 4 is 21.7 Å². The third kappa shape index (κ3) is 5.04. The number of ether oxygens (including phenoxy) is 1. The second kappa shape index (κ2) is 7.15. The highest BCUT2D eigenvalue weighted by atomic mass is 32.2. The first-order chi connectivity index (χ1) is 11.5. The Kier molecular flexibility index (Phi) is 5.56. The van der Waals surface area contributed by atoms with Crippen LogP contribution in [-0.4, -0.2) is 56.4 Å². The summed E-state index contributed by atoms with van der Waals surface area (Å²) in [6, 6.07) is 6.76. The van der Waals surface area contributed by atoms with Crippen LogP contribution in [-0.2, 0) is 24.8 Å². The van der Waals surface area contributed by atoms with Gasteiger partial charge in [0.15, 0.2) is 16.4 Å². The normalized spacial score (nSPS) is 19.4. The van der Waals surface area contributed by atoms with Gasteiger partial charge in [-0.2, -0.15) is 0 Å². The van der Waals surface area contributed by atoms with Gasteiger partial charge in [-0.05, 0) is 29.5 Å². The zero-order chi connectivity index (χ0) is 18.8. The lowest BCUT2D eigenvalue weighted by Crippen LogP contribution is -2.40. The summed E-state index contributed by atoms with van der Waals surface area (Å²) in [6.07, 6.45) is 0.423. The number of rotatable bonds is 4. The quantitative estimate of drug-likeness (QED) is 0.758. The number of carbonyl (C=O) groups is 2. The Balaban J connectivity index is 1.90. The van der Waals surface area contributed by atoms with Gasteiger partial charge in [0.05, 0.1) is 17.1 Å². The Labute approximate surface area is 149 Å². The molecule has 1 aromatic carbocycles. The van der Waals surface area contributed by atoms with Gasteiger partial charge in [-0.25, -0.2) is 13.2 Å². The number of amides is 1. The average Bonchev–Trinajstić information content (AvgIpc) is 2.90. The van der Waals surface area contributed by atoms with Gasteiger partial charge < -0.3 is 9.64 Å². The van der Waals surface area contributed by atoms with E-state index in [9.17, 15) is 18.0 Å². The minimum Gasteiger partial charge on any atom is -0.452 e. The summed E-state index contributed by atoms with van der Waals surface area (Å²) in [7, 11) is -1.52. The highest BCUT2D eigenvalue weighted by Crippen LogP contribution is 2.22. The predicted octanol–water partition coefficient (Wildman–Crippen LogP) is 1.79. The lowest BCUT2D eigenvalue weighted by molar-refractivity contribution is -0.134. The van der Waals surface area contributed by atoms with Crippen LogP contribution in [0, 0.1) is 0 Å². The first kappa shape index (κ1) is 19.4. The van der Waals surface area contributed by atoms with Crippen LogP contribution in [0.3, 0.4) is 0 Å². The summed E-state index contributed by atoms with van der Waals surface area (Å²) >= 11 is 0. The van der Waals surface area contributed by atoms with Gasteiger partial charge in [-0.1, -0.05) is 32.9 Å². The fourth-order valence-corrected chi connectivity index (χ4v) is 4.48. The maximum atomic E-state index is 12.1. The number of likely N-dealkylation sites (N-methyl/N-ethyl adjacent to an activating group) is 1. The van der Waals surface area contributed by atoms with Crippen LogP contribution in [0.4, 0.5) is 0 Å². The summed E-state index contributed by atoms with van der Waals surface area (Å²) in [5.74, 6) is -0.907. The monoisotopic (exact) mass is 367 g/mol. The zero-order valence-electron chi connectivity index (χ0n) is 15.1. The molecule has 0 aromatic heterocycles. The molecule has 1 aliphatic rings. The van der Waals surface area contributed by atoms with Crippen molar-refractivity contribution in [1.29, 1.82) is 0 Å². The molecule has 0 bridgehead atoms. The van der Waals surface area contributed by atoms with Crippen molar-refractivity contribution in [1.82, 2.24) is 4.90 Å². The number of carbonyl (C=O) groups excluding carboxylic acids is 2. The molecule has 1 aromatic rings. The first-order valence-electron chi connectivity index (χ1n) is 8.23. The maximum absolute atomic E-state index is 12.1. The third-order valence-electron chi connectivity index (χ3n) is 4.46. The minimum absolute atomic E-state index is 0.0112. The molecular weight excluding hydrogens is 342 g/mol. The Hall–Kier alpha value is -1.89. The number of hydrogen-bond acceptors (Lipinski definition) is 5. The number of esters is 1. The van der Waals surface area contributed by atoms with Gasteiger partial charge in [0, 0.05) is 13.1 Å².